The van der Waals surface area contributed by atoms with E-state index in [1.165, 1.54) is 5.56 Å². The minimum atomic E-state index is -0.542. The lowest BCUT2D eigenvalue weighted by Crippen LogP contribution is -2.52. The SMILES string of the molecule is CCc1ccc(C(=O)N2CCN(C(=O)C(C)OCc3cccc(OC)c3)CC2)cc1. The lowest BCUT2D eigenvalue weighted by atomic mass is 10.1. The molecular weight excluding hydrogens is 380 g/mol. The Hall–Kier alpha value is -2.86. The predicted octanol–water partition coefficient (Wildman–Crippen LogP) is 3.15. The van der Waals surface area contributed by atoms with E-state index in [0.717, 1.165) is 17.7 Å². The molecule has 1 saturated heterocycles. The molecule has 1 atom stereocenters. The van der Waals surface area contributed by atoms with Crippen LogP contribution in [0.5, 0.6) is 5.75 Å². The van der Waals surface area contributed by atoms with Crippen molar-refractivity contribution in [3.8, 4) is 5.75 Å². The van der Waals surface area contributed by atoms with Gasteiger partial charge in [-0.3, -0.25) is 9.59 Å². The van der Waals surface area contributed by atoms with E-state index in [0.29, 0.717) is 38.3 Å². The highest BCUT2D eigenvalue weighted by atomic mass is 16.5. The van der Waals surface area contributed by atoms with E-state index in [-0.39, 0.29) is 11.8 Å². The Bertz CT molecular complexity index is 858. The van der Waals surface area contributed by atoms with Gasteiger partial charge in [-0.15, -0.1) is 0 Å². The van der Waals surface area contributed by atoms with Gasteiger partial charge in [-0.05, 0) is 48.7 Å². The largest absolute Gasteiger partial charge is 0.497 e. The van der Waals surface area contributed by atoms with E-state index in [1.54, 1.807) is 18.9 Å². The standard InChI is InChI=1S/C24H30N2O4/c1-4-19-8-10-21(11-9-19)24(28)26-14-12-25(13-15-26)23(27)18(2)30-17-20-6-5-7-22(16-20)29-3/h5-11,16,18H,4,12-15,17H2,1-3H3. The van der Waals surface area contributed by atoms with E-state index in [1.807, 2.05) is 53.4 Å². The van der Waals surface area contributed by atoms with Gasteiger partial charge in [0.25, 0.3) is 11.8 Å². The van der Waals surface area contributed by atoms with Gasteiger partial charge in [-0.1, -0.05) is 31.2 Å². The van der Waals surface area contributed by atoms with Crippen LogP contribution in [0.3, 0.4) is 0 Å². The van der Waals surface area contributed by atoms with Crippen molar-refractivity contribution in [2.45, 2.75) is 33.0 Å². The first-order valence-electron chi connectivity index (χ1n) is 10.4. The van der Waals surface area contributed by atoms with Crippen LogP contribution in [0.4, 0.5) is 0 Å². The second-order valence-electron chi connectivity index (χ2n) is 7.47. The van der Waals surface area contributed by atoms with Gasteiger partial charge in [0.05, 0.1) is 13.7 Å². The zero-order valence-electron chi connectivity index (χ0n) is 18.0. The summed E-state index contributed by atoms with van der Waals surface area (Å²) >= 11 is 0. The van der Waals surface area contributed by atoms with Crippen molar-refractivity contribution in [1.29, 1.82) is 0 Å². The molecule has 2 amide bonds. The Balaban J connectivity index is 1.48. The van der Waals surface area contributed by atoms with Gasteiger partial charge in [-0.25, -0.2) is 0 Å². The molecule has 6 nitrogen and oxygen atoms in total. The monoisotopic (exact) mass is 410 g/mol. The summed E-state index contributed by atoms with van der Waals surface area (Å²) in [7, 11) is 1.62. The molecule has 1 aliphatic rings. The van der Waals surface area contributed by atoms with Gasteiger partial charge in [0, 0.05) is 31.7 Å². The third-order valence-corrected chi connectivity index (χ3v) is 5.47. The van der Waals surface area contributed by atoms with Crippen molar-refractivity contribution in [3.63, 3.8) is 0 Å². The molecular formula is C24H30N2O4. The van der Waals surface area contributed by atoms with Crippen LogP contribution >= 0.6 is 0 Å². The fourth-order valence-electron chi connectivity index (χ4n) is 3.51. The molecule has 1 unspecified atom stereocenters. The van der Waals surface area contributed by atoms with Crippen molar-refractivity contribution in [2.24, 2.45) is 0 Å². The van der Waals surface area contributed by atoms with Crippen molar-refractivity contribution in [2.75, 3.05) is 33.3 Å². The quantitative estimate of drug-likeness (QED) is 0.704. The van der Waals surface area contributed by atoms with E-state index in [4.69, 9.17) is 9.47 Å². The molecule has 2 aromatic carbocycles. The first-order chi connectivity index (χ1) is 14.5. The second-order valence-corrected chi connectivity index (χ2v) is 7.47. The fourth-order valence-corrected chi connectivity index (χ4v) is 3.51. The van der Waals surface area contributed by atoms with Crippen LogP contribution < -0.4 is 4.74 Å². The van der Waals surface area contributed by atoms with E-state index >= 15 is 0 Å². The molecule has 1 aliphatic heterocycles. The number of benzene rings is 2. The fraction of sp³-hybridized carbons (Fsp3) is 0.417. The van der Waals surface area contributed by atoms with Crippen molar-refractivity contribution in [3.05, 3.63) is 65.2 Å². The van der Waals surface area contributed by atoms with Gasteiger partial charge in [0.2, 0.25) is 0 Å². The molecule has 0 radical (unpaired) electrons. The minimum absolute atomic E-state index is 0.0204. The van der Waals surface area contributed by atoms with Gasteiger partial charge in [0.1, 0.15) is 11.9 Å². The van der Waals surface area contributed by atoms with Crippen LogP contribution in [0.2, 0.25) is 0 Å². The van der Waals surface area contributed by atoms with Crippen molar-refractivity contribution in [1.82, 2.24) is 9.80 Å². The summed E-state index contributed by atoms with van der Waals surface area (Å²) in [6.45, 7) is 6.31. The number of hydrogen-bond donors (Lipinski definition) is 0. The number of ether oxygens (including phenoxy) is 2. The molecule has 30 heavy (non-hydrogen) atoms. The van der Waals surface area contributed by atoms with Crippen LogP contribution in [0.25, 0.3) is 0 Å². The van der Waals surface area contributed by atoms with Crippen molar-refractivity contribution >= 4 is 11.8 Å². The minimum Gasteiger partial charge on any atom is -0.497 e. The van der Waals surface area contributed by atoms with Crippen LogP contribution in [-0.4, -0.2) is 61.0 Å². The van der Waals surface area contributed by atoms with Crippen LogP contribution in [0.1, 0.15) is 35.3 Å². The average Bonchev–Trinajstić information content (AvgIpc) is 2.81. The zero-order valence-corrected chi connectivity index (χ0v) is 18.0. The maximum atomic E-state index is 12.7. The first kappa shape index (κ1) is 21.8. The third kappa shape index (κ3) is 5.39. The number of hydrogen-bond acceptors (Lipinski definition) is 4. The maximum absolute atomic E-state index is 12.7. The Morgan fingerprint density at radius 2 is 1.63 bits per heavy atom. The maximum Gasteiger partial charge on any atom is 0.253 e. The third-order valence-electron chi connectivity index (χ3n) is 5.47. The molecule has 0 saturated carbocycles. The van der Waals surface area contributed by atoms with Gasteiger partial charge in [-0.2, -0.15) is 0 Å². The molecule has 1 heterocycles. The number of nitrogens with zero attached hydrogens (tertiary/aromatic N) is 2. The molecule has 3 rings (SSSR count). The normalized spacial score (nSPS) is 15.0. The number of rotatable bonds is 7. The Labute approximate surface area is 178 Å². The smallest absolute Gasteiger partial charge is 0.253 e. The lowest BCUT2D eigenvalue weighted by molar-refractivity contribution is -0.144. The number of carbonyl (C=O) groups excluding carboxylic acids is 2. The Morgan fingerprint density at radius 3 is 2.27 bits per heavy atom. The summed E-state index contributed by atoms with van der Waals surface area (Å²) in [5, 5.41) is 0. The molecule has 160 valence electrons. The van der Waals surface area contributed by atoms with E-state index < -0.39 is 6.10 Å². The average molecular weight is 411 g/mol. The highest BCUT2D eigenvalue weighted by Gasteiger charge is 2.27. The molecule has 0 N–H and O–H groups in total. The molecule has 0 spiro atoms. The molecule has 1 fully saturated rings. The Morgan fingerprint density at radius 1 is 0.967 bits per heavy atom. The number of methoxy groups -OCH3 is 1. The summed E-state index contributed by atoms with van der Waals surface area (Å²) in [5.41, 5.74) is 2.87. The van der Waals surface area contributed by atoms with E-state index in [9.17, 15) is 9.59 Å². The molecule has 0 bridgehead atoms. The van der Waals surface area contributed by atoms with Crippen LogP contribution in [0.15, 0.2) is 48.5 Å². The molecule has 6 heteroatoms. The van der Waals surface area contributed by atoms with E-state index in [2.05, 4.69) is 6.92 Å². The Kier molecular flexibility index (Phi) is 7.46. The molecule has 0 aromatic heterocycles. The summed E-state index contributed by atoms with van der Waals surface area (Å²) in [5.74, 6) is 0.740. The summed E-state index contributed by atoms with van der Waals surface area (Å²) in [4.78, 5) is 29.0. The zero-order chi connectivity index (χ0) is 21.5. The number of carbonyl (C=O) groups is 2. The van der Waals surface area contributed by atoms with Crippen LogP contribution in [0, 0.1) is 0 Å². The lowest BCUT2D eigenvalue weighted by Gasteiger charge is -2.36. The topological polar surface area (TPSA) is 59.1 Å². The number of amides is 2. The number of aryl methyl sites for hydroxylation is 1. The summed E-state index contributed by atoms with van der Waals surface area (Å²) in [6.07, 6.45) is 0.410. The van der Waals surface area contributed by atoms with Gasteiger partial charge >= 0.3 is 0 Å². The molecule has 0 aliphatic carbocycles. The summed E-state index contributed by atoms with van der Waals surface area (Å²) < 4.78 is 11.0. The first-order valence-corrected chi connectivity index (χ1v) is 10.4. The van der Waals surface area contributed by atoms with Crippen molar-refractivity contribution < 1.29 is 19.1 Å². The summed E-state index contributed by atoms with van der Waals surface area (Å²) in [6, 6.07) is 15.4. The van der Waals surface area contributed by atoms with Gasteiger partial charge < -0.3 is 19.3 Å². The number of piperazine rings is 1. The highest BCUT2D eigenvalue weighted by molar-refractivity contribution is 5.94. The predicted molar refractivity (Wildman–Crippen MR) is 116 cm³/mol. The second kappa shape index (κ2) is 10.3. The molecule has 2 aromatic rings. The van der Waals surface area contributed by atoms with Crippen LogP contribution in [-0.2, 0) is 22.6 Å². The highest BCUT2D eigenvalue weighted by Crippen LogP contribution is 2.15. The van der Waals surface area contributed by atoms with Gasteiger partial charge in [0.15, 0.2) is 0 Å².